The molecule has 0 unspecified atom stereocenters. The summed E-state index contributed by atoms with van der Waals surface area (Å²) in [5, 5.41) is 6.08. The first-order valence-corrected chi connectivity index (χ1v) is 9.41. The van der Waals surface area contributed by atoms with Crippen molar-refractivity contribution < 1.29 is 14.3 Å². The van der Waals surface area contributed by atoms with E-state index in [0.29, 0.717) is 48.9 Å². The van der Waals surface area contributed by atoms with Gasteiger partial charge in [-0.15, -0.1) is 0 Å². The first kappa shape index (κ1) is 20.3. The zero-order valence-corrected chi connectivity index (χ0v) is 16.5. The van der Waals surface area contributed by atoms with E-state index in [1.54, 1.807) is 36.4 Å². The van der Waals surface area contributed by atoms with Crippen LogP contribution in [0.5, 0.6) is 5.75 Å². The number of halogens is 2. The maximum atomic E-state index is 11.9. The third kappa shape index (κ3) is 7.06. The Bertz CT molecular complexity index is 738. The average Bonchev–Trinajstić information content (AvgIpc) is 2.64. The number of para-hydroxylation sites is 1. The summed E-state index contributed by atoms with van der Waals surface area (Å²) < 4.78 is 6.45. The van der Waals surface area contributed by atoms with Gasteiger partial charge in [0.2, 0.25) is 5.91 Å². The van der Waals surface area contributed by atoms with Crippen LogP contribution in [0.25, 0.3) is 0 Å². The molecule has 0 aromatic heterocycles. The maximum Gasteiger partial charge on any atom is 0.251 e. The lowest BCUT2D eigenvalue weighted by atomic mass is 10.2. The SMILES string of the molecule is O=C(CCCOc1ccccc1Cl)NCCNC(=O)c1ccc(Br)cc1. The summed E-state index contributed by atoms with van der Waals surface area (Å²) in [7, 11) is 0. The van der Waals surface area contributed by atoms with Gasteiger partial charge >= 0.3 is 0 Å². The molecule has 0 fully saturated rings. The van der Waals surface area contributed by atoms with Gasteiger partial charge in [-0.2, -0.15) is 0 Å². The minimum Gasteiger partial charge on any atom is -0.492 e. The van der Waals surface area contributed by atoms with E-state index in [9.17, 15) is 9.59 Å². The molecule has 0 aliphatic heterocycles. The van der Waals surface area contributed by atoms with Crippen LogP contribution in [0.4, 0.5) is 0 Å². The predicted octanol–water partition coefficient (Wildman–Crippen LogP) is 3.81. The van der Waals surface area contributed by atoms with E-state index in [1.165, 1.54) is 0 Å². The fourth-order valence-corrected chi connectivity index (χ4v) is 2.60. The van der Waals surface area contributed by atoms with Crippen LogP contribution in [-0.2, 0) is 4.79 Å². The normalized spacial score (nSPS) is 10.2. The quantitative estimate of drug-likeness (QED) is 0.584. The van der Waals surface area contributed by atoms with Gasteiger partial charge in [0.1, 0.15) is 5.75 Å². The number of rotatable bonds is 9. The van der Waals surface area contributed by atoms with E-state index >= 15 is 0 Å². The van der Waals surface area contributed by atoms with E-state index < -0.39 is 0 Å². The highest BCUT2D eigenvalue weighted by Gasteiger charge is 2.06. The number of carbonyl (C=O) groups excluding carboxylic acids is 2. The molecule has 0 aliphatic carbocycles. The summed E-state index contributed by atoms with van der Waals surface area (Å²) in [6, 6.07) is 14.3. The third-order valence-corrected chi connectivity index (χ3v) is 4.32. The highest BCUT2D eigenvalue weighted by atomic mass is 79.9. The number of hydrogen-bond donors (Lipinski definition) is 2. The molecule has 2 N–H and O–H groups in total. The Morgan fingerprint density at radius 2 is 1.69 bits per heavy atom. The molecule has 5 nitrogen and oxygen atoms in total. The second kappa shape index (κ2) is 10.8. The zero-order valence-electron chi connectivity index (χ0n) is 14.1. The molecular formula is C19H20BrClN2O3. The lowest BCUT2D eigenvalue weighted by Crippen LogP contribution is -2.34. The number of hydrogen-bond acceptors (Lipinski definition) is 3. The van der Waals surface area contributed by atoms with Gasteiger partial charge in [0, 0.05) is 29.5 Å². The number of carbonyl (C=O) groups is 2. The molecule has 2 rings (SSSR count). The van der Waals surface area contributed by atoms with Crippen molar-refractivity contribution in [1.82, 2.24) is 10.6 Å². The second-order valence-electron chi connectivity index (χ2n) is 5.50. The lowest BCUT2D eigenvalue weighted by molar-refractivity contribution is -0.121. The lowest BCUT2D eigenvalue weighted by Gasteiger charge is -2.09. The predicted molar refractivity (Wildman–Crippen MR) is 106 cm³/mol. The Labute approximate surface area is 166 Å². The summed E-state index contributed by atoms with van der Waals surface area (Å²) in [4.78, 5) is 23.7. The minimum atomic E-state index is -0.167. The number of benzene rings is 2. The molecular weight excluding hydrogens is 420 g/mol. The molecule has 0 atom stereocenters. The minimum absolute atomic E-state index is 0.0781. The summed E-state index contributed by atoms with van der Waals surface area (Å²) in [5.41, 5.74) is 0.580. The van der Waals surface area contributed by atoms with E-state index in [0.717, 1.165) is 4.47 Å². The molecule has 7 heteroatoms. The Kier molecular flexibility index (Phi) is 8.44. The molecule has 0 spiro atoms. The van der Waals surface area contributed by atoms with Crippen molar-refractivity contribution >= 4 is 39.3 Å². The Hall–Kier alpha value is -2.05. The molecule has 138 valence electrons. The van der Waals surface area contributed by atoms with Crippen LogP contribution in [0.15, 0.2) is 53.0 Å². The van der Waals surface area contributed by atoms with Gasteiger partial charge in [-0.25, -0.2) is 0 Å². The van der Waals surface area contributed by atoms with E-state index in [2.05, 4.69) is 26.6 Å². The van der Waals surface area contributed by atoms with Crippen LogP contribution in [0.3, 0.4) is 0 Å². The van der Waals surface area contributed by atoms with Gasteiger partial charge in [-0.1, -0.05) is 39.7 Å². The number of nitrogens with one attached hydrogen (secondary N) is 2. The second-order valence-corrected chi connectivity index (χ2v) is 6.82. The number of amides is 2. The Morgan fingerprint density at radius 3 is 2.42 bits per heavy atom. The molecule has 0 heterocycles. The van der Waals surface area contributed by atoms with Gasteiger partial charge in [0.15, 0.2) is 0 Å². The third-order valence-electron chi connectivity index (χ3n) is 3.48. The molecule has 26 heavy (non-hydrogen) atoms. The largest absolute Gasteiger partial charge is 0.492 e. The van der Waals surface area contributed by atoms with Crippen LogP contribution in [0.2, 0.25) is 5.02 Å². The summed E-state index contributed by atoms with van der Waals surface area (Å²) in [6.45, 7) is 1.17. The van der Waals surface area contributed by atoms with Crippen LogP contribution in [-0.4, -0.2) is 31.5 Å². The molecule has 2 amide bonds. The monoisotopic (exact) mass is 438 g/mol. The molecule has 0 saturated carbocycles. The van der Waals surface area contributed by atoms with Crippen LogP contribution >= 0.6 is 27.5 Å². The zero-order chi connectivity index (χ0) is 18.8. The standard InChI is InChI=1S/C19H20BrClN2O3/c20-15-9-7-14(8-10-15)19(25)23-12-11-22-18(24)6-3-13-26-17-5-2-1-4-16(17)21/h1-2,4-5,7-10H,3,6,11-13H2,(H,22,24)(H,23,25). The van der Waals surface area contributed by atoms with Crippen LogP contribution in [0.1, 0.15) is 23.2 Å². The average molecular weight is 440 g/mol. The molecule has 2 aromatic carbocycles. The molecule has 0 radical (unpaired) electrons. The van der Waals surface area contributed by atoms with Gasteiger partial charge in [-0.3, -0.25) is 9.59 Å². The van der Waals surface area contributed by atoms with Crippen molar-refractivity contribution in [2.24, 2.45) is 0 Å². The molecule has 0 saturated heterocycles. The van der Waals surface area contributed by atoms with Gasteiger partial charge in [-0.05, 0) is 42.8 Å². The topological polar surface area (TPSA) is 67.4 Å². The molecule has 0 bridgehead atoms. The fourth-order valence-electron chi connectivity index (χ4n) is 2.15. The van der Waals surface area contributed by atoms with E-state index in [-0.39, 0.29) is 11.8 Å². The van der Waals surface area contributed by atoms with Crippen molar-refractivity contribution in [3.63, 3.8) is 0 Å². The van der Waals surface area contributed by atoms with Gasteiger partial charge < -0.3 is 15.4 Å². The van der Waals surface area contributed by atoms with Gasteiger partial charge in [0.05, 0.1) is 11.6 Å². The van der Waals surface area contributed by atoms with E-state index in [1.807, 2.05) is 12.1 Å². The van der Waals surface area contributed by atoms with Crippen molar-refractivity contribution in [2.45, 2.75) is 12.8 Å². The first-order valence-electron chi connectivity index (χ1n) is 8.24. The Morgan fingerprint density at radius 1 is 1.00 bits per heavy atom. The van der Waals surface area contributed by atoms with Crippen molar-refractivity contribution in [2.75, 3.05) is 19.7 Å². The van der Waals surface area contributed by atoms with Crippen LogP contribution in [0, 0.1) is 0 Å². The van der Waals surface area contributed by atoms with Gasteiger partial charge in [0.25, 0.3) is 5.91 Å². The highest BCUT2D eigenvalue weighted by molar-refractivity contribution is 9.10. The first-order chi connectivity index (χ1) is 12.6. The Balaban J connectivity index is 1.55. The van der Waals surface area contributed by atoms with Crippen molar-refractivity contribution in [1.29, 1.82) is 0 Å². The smallest absolute Gasteiger partial charge is 0.251 e. The molecule has 2 aromatic rings. The maximum absolute atomic E-state index is 11.9. The fraction of sp³-hybridized carbons (Fsp3) is 0.263. The highest BCUT2D eigenvalue weighted by Crippen LogP contribution is 2.23. The molecule has 0 aliphatic rings. The van der Waals surface area contributed by atoms with E-state index in [4.69, 9.17) is 16.3 Å². The summed E-state index contributed by atoms with van der Waals surface area (Å²) in [5.74, 6) is 0.371. The van der Waals surface area contributed by atoms with Crippen LogP contribution < -0.4 is 15.4 Å². The summed E-state index contributed by atoms with van der Waals surface area (Å²) in [6.07, 6.45) is 0.938. The van der Waals surface area contributed by atoms with Crippen molar-refractivity contribution in [3.8, 4) is 5.75 Å². The van der Waals surface area contributed by atoms with Crippen molar-refractivity contribution in [3.05, 3.63) is 63.6 Å². The number of ether oxygens (including phenoxy) is 1. The summed E-state index contributed by atoms with van der Waals surface area (Å²) >= 11 is 9.31.